The minimum Gasteiger partial charge on any atom is -0.372 e. The third kappa shape index (κ3) is 4.80. The van der Waals surface area contributed by atoms with Gasteiger partial charge in [0.2, 0.25) is 0 Å². The zero-order chi connectivity index (χ0) is 20.1. The second-order valence-corrected chi connectivity index (χ2v) is 7.73. The van der Waals surface area contributed by atoms with Crippen molar-refractivity contribution in [3.63, 3.8) is 0 Å². The summed E-state index contributed by atoms with van der Waals surface area (Å²) in [5, 5.41) is 0.574. The topological polar surface area (TPSA) is 53.2 Å². The first-order chi connectivity index (χ1) is 13.5. The van der Waals surface area contributed by atoms with E-state index < -0.39 is 0 Å². The van der Waals surface area contributed by atoms with Gasteiger partial charge in [0.25, 0.3) is 5.56 Å². The summed E-state index contributed by atoms with van der Waals surface area (Å²) in [6, 6.07) is 14.8. The number of aromatic nitrogens is 1. The molecule has 3 rings (SSSR count). The highest BCUT2D eigenvalue weighted by atomic mass is 35.5. The highest BCUT2D eigenvalue weighted by molar-refractivity contribution is 7.07. The minimum atomic E-state index is -0.201. The van der Waals surface area contributed by atoms with E-state index in [1.807, 2.05) is 18.2 Å². The van der Waals surface area contributed by atoms with Gasteiger partial charge in [-0.3, -0.25) is 9.59 Å². The molecule has 0 aliphatic carbocycles. The first kappa shape index (κ1) is 20.1. The van der Waals surface area contributed by atoms with Crippen molar-refractivity contribution in [2.45, 2.75) is 13.8 Å². The molecule has 4 nitrogen and oxygen atoms in total. The summed E-state index contributed by atoms with van der Waals surface area (Å²) >= 11 is 7.11. The van der Waals surface area contributed by atoms with Gasteiger partial charge in [-0.2, -0.15) is 0 Å². The van der Waals surface area contributed by atoms with Crippen molar-refractivity contribution in [1.82, 2.24) is 4.98 Å². The van der Waals surface area contributed by atoms with Crippen molar-refractivity contribution in [2.75, 3.05) is 18.0 Å². The molecule has 1 N–H and O–H groups in total. The van der Waals surface area contributed by atoms with Crippen LogP contribution in [-0.4, -0.2) is 23.9 Å². The molecular weight excluding hydrogens is 392 g/mol. The molecule has 0 unspecified atom stereocenters. The van der Waals surface area contributed by atoms with Crippen molar-refractivity contribution in [3.8, 4) is 0 Å². The van der Waals surface area contributed by atoms with Crippen LogP contribution in [0.1, 0.15) is 29.8 Å². The van der Waals surface area contributed by atoms with E-state index >= 15 is 0 Å². The molecule has 0 saturated heterocycles. The highest BCUT2D eigenvalue weighted by Crippen LogP contribution is 2.15. The van der Waals surface area contributed by atoms with Crippen LogP contribution in [0.4, 0.5) is 5.69 Å². The lowest BCUT2D eigenvalue weighted by Gasteiger charge is -2.20. The standard InChI is InChI=1S/C22H21ClN2O2S/c1-3-25(4-2)18-11-5-15(6-12-18)13-20-22(27)24-21(28-20)14-19(26)16-7-9-17(23)10-8-16/h5-14H,3-4H2,1-2H3,(H,24,27)/b20-13+,21-14-. The molecule has 0 aliphatic heterocycles. The Morgan fingerprint density at radius 3 is 2.32 bits per heavy atom. The molecule has 2 aromatic carbocycles. The normalized spacial score (nSPS) is 12.4. The number of ketones is 1. The van der Waals surface area contributed by atoms with E-state index in [1.54, 1.807) is 24.3 Å². The predicted molar refractivity (Wildman–Crippen MR) is 118 cm³/mol. The Morgan fingerprint density at radius 1 is 1.07 bits per heavy atom. The molecule has 0 saturated carbocycles. The number of halogens is 1. The second kappa shape index (κ2) is 9.04. The largest absolute Gasteiger partial charge is 0.372 e. The summed E-state index contributed by atoms with van der Waals surface area (Å²) < 4.78 is 1.08. The third-order valence-electron chi connectivity index (χ3n) is 4.39. The van der Waals surface area contributed by atoms with Crippen LogP contribution in [0.25, 0.3) is 12.2 Å². The zero-order valence-electron chi connectivity index (χ0n) is 15.7. The number of H-pyrrole nitrogens is 1. The number of aromatic amines is 1. The number of nitrogens with one attached hydrogen (secondary N) is 1. The Balaban J connectivity index is 1.88. The van der Waals surface area contributed by atoms with Crippen molar-refractivity contribution < 1.29 is 4.79 Å². The van der Waals surface area contributed by atoms with E-state index in [9.17, 15) is 9.59 Å². The molecule has 6 heteroatoms. The second-order valence-electron chi connectivity index (χ2n) is 6.21. The molecule has 0 spiro atoms. The Bertz CT molecular complexity index is 1130. The summed E-state index contributed by atoms with van der Waals surface area (Å²) in [5.41, 5.74) is 2.42. The number of benzene rings is 2. The van der Waals surface area contributed by atoms with Gasteiger partial charge in [0.15, 0.2) is 5.78 Å². The van der Waals surface area contributed by atoms with Crippen LogP contribution in [0.15, 0.2) is 53.3 Å². The van der Waals surface area contributed by atoms with Crippen molar-refractivity contribution in [2.24, 2.45) is 0 Å². The smallest absolute Gasteiger partial charge is 0.266 e. The first-order valence-electron chi connectivity index (χ1n) is 9.07. The van der Waals surface area contributed by atoms with Gasteiger partial charge in [0.1, 0.15) is 0 Å². The summed E-state index contributed by atoms with van der Waals surface area (Å²) in [7, 11) is 0. The van der Waals surface area contributed by atoms with Gasteiger partial charge in [-0.15, -0.1) is 11.3 Å². The van der Waals surface area contributed by atoms with Crippen LogP contribution in [0.3, 0.4) is 0 Å². The van der Waals surface area contributed by atoms with Crippen LogP contribution in [-0.2, 0) is 0 Å². The zero-order valence-corrected chi connectivity index (χ0v) is 17.3. The molecular formula is C22H21ClN2O2S. The number of rotatable bonds is 6. The van der Waals surface area contributed by atoms with E-state index in [0.717, 1.165) is 24.3 Å². The van der Waals surface area contributed by atoms with Crippen LogP contribution in [0, 0.1) is 0 Å². The van der Waals surface area contributed by atoms with Gasteiger partial charge >= 0.3 is 0 Å². The molecule has 0 fully saturated rings. The van der Waals surface area contributed by atoms with E-state index in [0.29, 0.717) is 19.8 Å². The van der Waals surface area contributed by atoms with Crippen LogP contribution >= 0.6 is 22.9 Å². The van der Waals surface area contributed by atoms with Crippen LogP contribution < -0.4 is 19.7 Å². The van der Waals surface area contributed by atoms with Crippen molar-refractivity contribution in [3.05, 3.63) is 84.2 Å². The van der Waals surface area contributed by atoms with Crippen LogP contribution in [0.2, 0.25) is 5.02 Å². The number of nitrogens with zero attached hydrogens (tertiary/aromatic N) is 1. The molecule has 0 amide bonds. The molecule has 1 heterocycles. The minimum absolute atomic E-state index is 0.177. The predicted octanol–water partition coefficient (Wildman–Crippen LogP) is 3.43. The Kier molecular flexibility index (Phi) is 6.49. The van der Waals surface area contributed by atoms with Gasteiger partial charge in [-0.1, -0.05) is 23.7 Å². The number of anilines is 1. The molecule has 1 aromatic heterocycles. The quantitative estimate of drug-likeness (QED) is 0.631. The lowest BCUT2D eigenvalue weighted by atomic mass is 10.1. The molecule has 0 aliphatic rings. The van der Waals surface area contributed by atoms with Gasteiger partial charge < -0.3 is 9.88 Å². The SMILES string of the molecule is CCN(CC)c1ccc(/C=c2/s/c(=C\C(=O)c3ccc(Cl)cc3)[nH]c2=O)cc1. The molecule has 3 aromatic rings. The number of carbonyl (C=O) groups excluding carboxylic acids is 1. The summed E-state index contributed by atoms with van der Waals surface area (Å²) in [5.74, 6) is -0.177. The van der Waals surface area contributed by atoms with Gasteiger partial charge in [0, 0.05) is 35.4 Å². The lowest BCUT2D eigenvalue weighted by Crippen LogP contribution is -2.21. The van der Waals surface area contributed by atoms with Gasteiger partial charge in [0.05, 0.1) is 9.20 Å². The van der Waals surface area contributed by atoms with E-state index in [1.165, 1.54) is 17.4 Å². The van der Waals surface area contributed by atoms with E-state index in [4.69, 9.17) is 11.6 Å². The molecule has 144 valence electrons. The monoisotopic (exact) mass is 412 g/mol. The average Bonchev–Trinajstić information content (AvgIpc) is 3.03. The summed E-state index contributed by atoms with van der Waals surface area (Å²) in [4.78, 5) is 29.6. The summed E-state index contributed by atoms with van der Waals surface area (Å²) in [6.07, 6.45) is 3.27. The molecule has 0 radical (unpaired) electrons. The number of hydrogen-bond acceptors (Lipinski definition) is 4. The maximum atomic E-state index is 12.3. The number of carbonyl (C=O) groups is 1. The highest BCUT2D eigenvalue weighted by Gasteiger charge is 2.04. The number of Topliss-reactive ketones (excluding diaryl/α,β-unsaturated/α-hetero) is 1. The third-order valence-corrected chi connectivity index (χ3v) is 5.61. The van der Waals surface area contributed by atoms with Crippen molar-refractivity contribution >= 4 is 46.6 Å². The molecule has 0 bridgehead atoms. The van der Waals surface area contributed by atoms with Crippen molar-refractivity contribution in [1.29, 1.82) is 0 Å². The fraction of sp³-hybridized carbons (Fsp3) is 0.182. The van der Waals surface area contributed by atoms with E-state index in [-0.39, 0.29) is 11.3 Å². The Labute approximate surface area is 172 Å². The maximum absolute atomic E-state index is 12.3. The summed E-state index contributed by atoms with van der Waals surface area (Å²) in [6.45, 7) is 6.15. The lowest BCUT2D eigenvalue weighted by molar-refractivity contribution is 0.106. The number of thiazole rings is 1. The average molecular weight is 413 g/mol. The molecule has 28 heavy (non-hydrogen) atoms. The van der Waals surface area contributed by atoms with Crippen LogP contribution in [0.5, 0.6) is 0 Å². The Morgan fingerprint density at radius 2 is 1.71 bits per heavy atom. The fourth-order valence-electron chi connectivity index (χ4n) is 2.86. The molecule has 0 atom stereocenters. The van der Waals surface area contributed by atoms with Gasteiger partial charge in [-0.05, 0) is 61.9 Å². The number of hydrogen-bond donors (Lipinski definition) is 1. The Hall–Kier alpha value is -2.63. The fourth-order valence-corrected chi connectivity index (χ4v) is 3.87. The van der Waals surface area contributed by atoms with Gasteiger partial charge in [-0.25, -0.2) is 0 Å². The first-order valence-corrected chi connectivity index (χ1v) is 10.3. The van der Waals surface area contributed by atoms with E-state index in [2.05, 4.69) is 35.9 Å². The maximum Gasteiger partial charge on any atom is 0.266 e.